The molecule has 112 valence electrons. The van der Waals surface area contributed by atoms with Gasteiger partial charge in [-0.25, -0.2) is 0 Å². The number of hydrogen-bond acceptors (Lipinski definition) is 2. The Morgan fingerprint density at radius 2 is 1.62 bits per heavy atom. The van der Waals surface area contributed by atoms with Crippen LogP contribution in [0.15, 0.2) is 36.9 Å². The van der Waals surface area contributed by atoms with E-state index in [1.54, 1.807) is 30.3 Å². The summed E-state index contributed by atoms with van der Waals surface area (Å²) in [5.74, 6) is -0.0846. The summed E-state index contributed by atoms with van der Waals surface area (Å²) in [4.78, 5) is 26.1. The summed E-state index contributed by atoms with van der Waals surface area (Å²) in [6.07, 6.45) is 6.19. The van der Waals surface area contributed by atoms with E-state index < -0.39 is 0 Å². The Bertz CT molecular complexity index is 500. The summed E-state index contributed by atoms with van der Waals surface area (Å²) >= 11 is 0. The van der Waals surface area contributed by atoms with E-state index in [2.05, 4.69) is 11.9 Å². The molecule has 0 saturated carbocycles. The monoisotopic (exact) mass is 286 g/mol. The zero-order valence-electron chi connectivity index (χ0n) is 12.3. The van der Waals surface area contributed by atoms with Crippen LogP contribution in [-0.4, -0.2) is 36.3 Å². The Morgan fingerprint density at radius 3 is 2.19 bits per heavy atom. The Balaban J connectivity index is 2.02. The van der Waals surface area contributed by atoms with Gasteiger partial charge < -0.3 is 10.2 Å². The maximum absolute atomic E-state index is 12.4. The van der Waals surface area contributed by atoms with Crippen molar-refractivity contribution in [1.29, 1.82) is 0 Å². The molecule has 21 heavy (non-hydrogen) atoms. The smallest absolute Gasteiger partial charge is 0.253 e. The standard InChI is InChI=1S/C17H22N2O2/c1-2-11-18-16(20)14-7-9-15(10-8-14)17(21)19-12-5-3-4-6-13-19/h2,7-10H,1,3-6,11-13H2,(H,18,20). The zero-order chi connectivity index (χ0) is 15.1. The Labute approximate surface area is 125 Å². The molecular weight excluding hydrogens is 264 g/mol. The van der Waals surface area contributed by atoms with Gasteiger partial charge in [0.1, 0.15) is 0 Å². The van der Waals surface area contributed by atoms with Gasteiger partial charge in [-0.15, -0.1) is 6.58 Å². The highest BCUT2D eigenvalue weighted by Gasteiger charge is 2.17. The number of nitrogens with zero attached hydrogens (tertiary/aromatic N) is 1. The number of benzene rings is 1. The molecule has 1 fully saturated rings. The summed E-state index contributed by atoms with van der Waals surface area (Å²) < 4.78 is 0. The topological polar surface area (TPSA) is 49.4 Å². The van der Waals surface area contributed by atoms with Crippen LogP contribution in [0.4, 0.5) is 0 Å². The predicted molar refractivity (Wildman–Crippen MR) is 83.3 cm³/mol. The van der Waals surface area contributed by atoms with Crippen LogP contribution in [0.2, 0.25) is 0 Å². The SMILES string of the molecule is C=CCNC(=O)c1ccc(C(=O)N2CCCCCC2)cc1. The molecule has 0 aromatic heterocycles. The Kier molecular flexibility index (Phi) is 5.55. The molecular formula is C17H22N2O2. The van der Waals surface area contributed by atoms with E-state index in [1.807, 2.05) is 4.90 Å². The van der Waals surface area contributed by atoms with Crippen LogP contribution in [0, 0.1) is 0 Å². The molecule has 4 heteroatoms. The molecule has 0 aliphatic carbocycles. The van der Waals surface area contributed by atoms with Crippen molar-refractivity contribution in [3.63, 3.8) is 0 Å². The van der Waals surface area contributed by atoms with Crippen molar-refractivity contribution in [1.82, 2.24) is 10.2 Å². The van der Waals surface area contributed by atoms with E-state index in [-0.39, 0.29) is 11.8 Å². The highest BCUT2D eigenvalue weighted by molar-refractivity contribution is 5.97. The second-order valence-corrected chi connectivity index (χ2v) is 5.28. The second-order valence-electron chi connectivity index (χ2n) is 5.28. The zero-order valence-corrected chi connectivity index (χ0v) is 12.3. The van der Waals surface area contributed by atoms with Gasteiger partial charge >= 0.3 is 0 Å². The minimum absolute atomic E-state index is 0.0648. The van der Waals surface area contributed by atoms with Gasteiger partial charge in [-0.1, -0.05) is 18.9 Å². The summed E-state index contributed by atoms with van der Waals surface area (Å²) in [5.41, 5.74) is 1.21. The summed E-state index contributed by atoms with van der Waals surface area (Å²) in [5, 5.41) is 2.72. The third-order valence-electron chi connectivity index (χ3n) is 3.69. The number of hydrogen-bond donors (Lipinski definition) is 1. The fourth-order valence-electron chi connectivity index (χ4n) is 2.49. The van der Waals surface area contributed by atoms with Crippen LogP contribution in [0.25, 0.3) is 0 Å². The van der Waals surface area contributed by atoms with Crippen LogP contribution < -0.4 is 5.32 Å². The van der Waals surface area contributed by atoms with E-state index in [0.29, 0.717) is 17.7 Å². The summed E-state index contributed by atoms with van der Waals surface area (Å²) in [7, 11) is 0. The summed E-state index contributed by atoms with van der Waals surface area (Å²) in [6, 6.07) is 6.86. The molecule has 1 N–H and O–H groups in total. The van der Waals surface area contributed by atoms with E-state index in [0.717, 1.165) is 25.9 Å². The van der Waals surface area contributed by atoms with Crippen LogP contribution in [0.3, 0.4) is 0 Å². The number of nitrogens with one attached hydrogen (secondary N) is 1. The second kappa shape index (κ2) is 7.62. The molecule has 0 bridgehead atoms. The molecule has 1 aromatic carbocycles. The molecule has 1 aliphatic rings. The normalized spacial score (nSPS) is 15.1. The van der Waals surface area contributed by atoms with Gasteiger partial charge in [0, 0.05) is 30.8 Å². The lowest BCUT2D eigenvalue weighted by atomic mass is 10.1. The fourth-order valence-corrected chi connectivity index (χ4v) is 2.49. The van der Waals surface area contributed by atoms with Crippen LogP contribution in [0.5, 0.6) is 0 Å². The molecule has 0 unspecified atom stereocenters. The van der Waals surface area contributed by atoms with E-state index in [1.165, 1.54) is 12.8 Å². The van der Waals surface area contributed by atoms with Crippen molar-refractivity contribution in [3.8, 4) is 0 Å². The quantitative estimate of drug-likeness (QED) is 0.865. The molecule has 1 aromatic rings. The molecule has 1 saturated heterocycles. The van der Waals surface area contributed by atoms with E-state index in [9.17, 15) is 9.59 Å². The van der Waals surface area contributed by atoms with Crippen molar-refractivity contribution in [3.05, 3.63) is 48.0 Å². The molecule has 0 spiro atoms. The third kappa shape index (κ3) is 4.18. The molecule has 0 radical (unpaired) electrons. The first-order chi connectivity index (χ1) is 10.2. The van der Waals surface area contributed by atoms with Gasteiger partial charge in [0.2, 0.25) is 0 Å². The van der Waals surface area contributed by atoms with Gasteiger partial charge in [0.25, 0.3) is 11.8 Å². The van der Waals surface area contributed by atoms with Crippen LogP contribution in [-0.2, 0) is 0 Å². The van der Waals surface area contributed by atoms with E-state index >= 15 is 0 Å². The lowest BCUT2D eigenvalue weighted by Gasteiger charge is -2.20. The number of carbonyl (C=O) groups excluding carboxylic acids is 2. The molecule has 4 nitrogen and oxygen atoms in total. The van der Waals surface area contributed by atoms with Crippen molar-refractivity contribution < 1.29 is 9.59 Å². The van der Waals surface area contributed by atoms with Crippen LogP contribution in [0.1, 0.15) is 46.4 Å². The molecule has 2 rings (SSSR count). The number of likely N-dealkylation sites (tertiary alicyclic amines) is 1. The highest BCUT2D eigenvalue weighted by atomic mass is 16.2. The van der Waals surface area contributed by atoms with Crippen molar-refractivity contribution in [2.24, 2.45) is 0 Å². The molecule has 1 aliphatic heterocycles. The molecule has 2 amide bonds. The predicted octanol–water partition coefficient (Wildman–Crippen LogP) is 2.62. The maximum Gasteiger partial charge on any atom is 0.253 e. The number of carbonyl (C=O) groups is 2. The average Bonchev–Trinajstić information content (AvgIpc) is 2.81. The fraction of sp³-hybridized carbons (Fsp3) is 0.412. The first-order valence-corrected chi connectivity index (χ1v) is 7.51. The van der Waals surface area contributed by atoms with Gasteiger partial charge in [-0.05, 0) is 37.1 Å². The number of rotatable bonds is 4. The molecule has 0 atom stereocenters. The average molecular weight is 286 g/mol. The first kappa shape index (κ1) is 15.3. The lowest BCUT2D eigenvalue weighted by molar-refractivity contribution is 0.0761. The minimum atomic E-state index is -0.149. The Morgan fingerprint density at radius 1 is 1.05 bits per heavy atom. The van der Waals surface area contributed by atoms with Crippen molar-refractivity contribution in [2.75, 3.05) is 19.6 Å². The van der Waals surface area contributed by atoms with Gasteiger partial charge in [-0.2, -0.15) is 0 Å². The maximum atomic E-state index is 12.4. The van der Waals surface area contributed by atoms with Crippen molar-refractivity contribution in [2.45, 2.75) is 25.7 Å². The summed E-state index contributed by atoms with van der Waals surface area (Å²) in [6.45, 7) is 5.66. The Hall–Kier alpha value is -2.10. The lowest BCUT2D eigenvalue weighted by Crippen LogP contribution is -2.31. The van der Waals surface area contributed by atoms with Crippen molar-refractivity contribution >= 4 is 11.8 Å². The van der Waals surface area contributed by atoms with E-state index in [4.69, 9.17) is 0 Å². The van der Waals surface area contributed by atoms with Gasteiger partial charge in [0.15, 0.2) is 0 Å². The third-order valence-corrected chi connectivity index (χ3v) is 3.69. The largest absolute Gasteiger partial charge is 0.349 e. The van der Waals surface area contributed by atoms with Gasteiger partial charge in [0.05, 0.1) is 0 Å². The number of amides is 2. The molecule has 1 heterocycles. The minimum Gasteiger partial charge on any atom is -0.349 e. The highest BCUT2D eigenvalue weighted by Crippen LogP contribution is 2.14. The van der Waals surface area contributed by atoms with Gasteiger partial charge in [-0.3, -0.25) is 9.59 Å². The first-order valence-electron chi connectivity index (χ1n) is 7.51. The van der Waals surface area contributed by atoms with Crippen LogP contribution >= 0.6 is 0 Å².